The summed E-state index contributed by atoms with van der Waals surface area (Å²) in [5.74, 6) is 0.344. The van der Waals surface area contributed by atoms with E-state index in [1.807, 2.05) is 37.3 Å². The van der Waals surface area contributed by atoms with E-state index in [9.17, 15) is 9.59 Å². The Morgan fingerprint density at radius 1 is 0.886 bits per heavy atom. The van der Waals surface area contributed by atoms with Gasteiger partial charge in [0.05, 0.1) is 14.2 Å². The van der Waals surface area contributed by atoms with Crippen LogP contribution in [0.5, 0.6) is 17.2 Å². The summed E-state index contributed by atoms with van der Waals surface area (Å²) in [7, 11) is 3.12. The third-order valence-electron chi connectivity index (χ3n) is 5.71. The van der Waals surface area contributed by atoms with Crippen molar-refractivity contribution in [2.45, 2.75) is 26.3 Å². The number of hydrogen-bond donors (Lipinski definition) is 1. The Morgan fingerprint density at radius 2 is 1.51 bits per heavy atom. The van der Waals surface area contributed by atoms with Crippen LogP contribution >= 0.6 is 0 Å². The zero-order valence-corrected chi connectivity index (χ0v) is 20.3. The van der Waals surface area contributed by atoms with Crippen molar-refractivity contribution in [3.63, 3.8) is 0 Å². The Balaban J connectivity index is 1.88. The first kappa shape index (κ1) is 25.6. The number of benzene rings is 3. The van der Waals surface area contributed by atoms with Gasteiger partial charge in [-0.1, -0.05) is 48.5 Å². The van der Waals surface area contributed by atoms with Gasteiger partial charge in [0.25, 0.3) is 5.91 Å². The molecule has 0 aromatic heterocycles. The van der Waals surface area contributed by atoms with Gasteiger partial charge in [-0.3, -0.25) is 4.79 Å². The Bertz CT molecular complexity index is 1120. The monoisotopic (exact) mass is 477 g/mol. The van der Waals surface area contributed by atoms with Gasteiger partial charge in [0.2, 0.25) is 0 Å². The zero-order valence-electron chi connectivity index (χ0n) is 20.3. The molecular weight excluding hydrogens is 446 g/mol. The first-order chi connectivity index (χ1) is 16.9. The topological polar surface area (TPSA) is 85.3 Å². The van der Waals surface area contributed by atoms with Gasteiger partial charge in [0, 0.05) is 29.8 Å². The van der Waals surface area contributed by atoms with Crippen LogP contribution in [0.15, 0.2) is 66.7 Å². The van der Waals surface area contributed by atoms with Crippen LogP contribution in [-0.2, 0) is 17.8 Å². The molecule has 0 heterocycles. The number of ether oxygens (including phenoxy) is 3. The number of carbonyl (C=O) groups excluding carboxylic acids is 1. The SMILES string of the molecule is COc1cc(C(=O)N(CCCc2ccccc2)Cc2ccccc2OCC(=O)O)cc(OC)c1C. The van der Waals surface area contributed by atoms with Gasteiger partial charge in [0.15, 0.2) is 6.61 Å². The molecule has 0 unspecified atom stereocenters. The second-order valence-corrected chi connectivity index (χ2v) is 8.11. The van der Waals surface area contributed by atoms with E-state index in [1.165, 1.54) is 5.56 Å². The predicted octanol–water partition coefficient (Wildman–Crippen LogP) is 4.75. The zero-order chi connectivity index (χ0) is 25.2. The highest BCUT2D eigenvalue weighted by molar-refractivity contribution is 5.95. The van der Waals surface area contributed by atoms with E-state index in [1.54, 1.807) is 43.4 Å². The number of nitrogens with zero attached hydrogens (tertiary/aromatic N) is 1. The lowest BCUT2D eigenvalue weighted by Gasteiger charge is -2.25. The van der Waals surface area contributed by atoms with Crippen molar-refractivity contribution < 1.29 is 28.9 Å². The summed E-state index contributed by atoms with van der Waals surface area (Å²) >= 11 is 0. The van der Waals surface area contributed by atoms with Crippen molar-refractivity contribution >= 4 is 11.9 Å². The number of aryl methyl sites for hydroxylation is 1. The second kappa shape index (κ2) is 12.5. The Labute approximate surface area is 205 Å². The molecule has 0 aliphatic rings. The highest BCUT2D eigenvalue weighted by Gasteiger charge is 2.21. The maximum Gasteiger partial charge on any atom is 0.341 e. The van der Waals surface area contributed by atoms with Crippen LogP contribution < -0.4 is 14.2 Å². The van der Waals surface area contributed by atoms with Crippen LogP contribution in [0.3, 0.4) is 0 Å². The van der Waals surface area contributed by atoms with Crippen LogP contribution in [0.1, 0.15) is 33.5 Å². The summed E-state index contributed by atoms with van der Waals surface area (Å²) < 4.78 is 16.4. The molecular formula is C28H31NO6. The van der Waals surface area contributed by atoms with Gasteiger partial charge >= 0.3 is 5.97 Å². The molecule has 0 atom stereocenters. The van der Waals surface area contributed by atoms with Gasteiger partial charge in [-0.2, -0.15) is 0 Å². The van der Waals surface area contributed by atoms with Gasteiger partial charge in [-0.25, -0.2) is 4.79 Å². The average molecular weight is 478 g/mol. The standard InChI is InChI=1S/C28H31NO6/c1-20-25(33-2)16-23(17-26(20)34-3)28(32)29(15-9-12-21-10-5-4-6-11-21)18-22-13-7-8-14-24(22)35-19-27(30)31/h4-8,10-11,13-14,16-17H,9,12,15,18-19H2,1-3H3,(H,30,31). The number of rotatable bonds is 12. The molecule has 3 aromatic rings. The third-order valence-corrected chi connectivity index (χ3v) is 5.71. The second-order valence-electron chi connectivity index (χ2n) is 8.11. The van der Waals surface area contributed by atoms with Crippen molar-refractivity contribution in [1.29, 1.82) is 0 Å². The fourth-order valence-electron chi connectivity index (χ4n) is 3.88. The summed E-state index contributed by atoms with van der Waals surface area (Å²) in [6.45, 7) is 2.19. The normalized spacial score (nSPS) is 10.5. The number of aliphatic carboxylic acids is 1. The largest absolute Gasteiger partial charge is 0.496 e. The lowest BCUT2D eigenvalue weighted by molar-refractivity contribution is -0.139. The Kier molecular flexibility index (Phi) is 9.12. The van der Waals surface area contributed by atoms with E-state index in [2.05, 4.69) is 12.1 Å². The minimum atomic E-state index is -1.06. The lowest BCUT2D eigenvalue weighted by Crippen LogP contribution is -2.32. The fourth-order valence-corrected chi connectivity index (χ4v) is 3.88. The van der Waals surface area contributed by atoms with Crippen molar-refractivity contribution in [2.75, 3.05) is 27.4 Å². The van der Waals surface area contributed by atoms with E-state index < -0.39 is 12.6 Å². The number of amides is 1. The summed E-state index contributed by atoms with van der Waals surface area (Å²) in [4.78, 5) is 26.5. The van der Waals surface area contributed by atoms with Crippen molar-refractivity contribution in [3.8, 4) is 17.2 Å². The number of carbonyl (C=O) groups is 2. The molecule has 184 valence electrons. The highest BCUT2D eigenvalue weighted by atomic mass is 16.5. The van der Waals surface area contributed by atoms with E-state index >= 15 is 0 Å². The minimum Gasteiger partial charge on any atom is -0.496 e. The van der Waals surface area contributed by atoms with Gasteiger partial charge in [0.1, 0.15) is 17.2 Å². The molecule has 0 fully saturated rings. The number of para-hydroxylation sites is 1. The molecule has 35 heavy (non-hydrogen) atoms. The van der Waals surface area contributed by atoms with Crippen LogP contribution in [0, 0.1) is 6.92 Å². The molecule has 7 nitrogen and oxygen atoms in total. The molecule has 0 saturated heterocycles. The quantitative estimate of drug-likeness (QED) is 0.405. The number of methoxy groups -OCH3 is 2. The smallest absolute Gasteiger partial charge is 0.341 e. The molecule has 3 rings (SSSR count). The summed E-state index contributed by atoms with van der Waals surface area (Å²) in [5.41, 5.74) is 3.19. The van der Waals surface area contributed by atoms with Crippen molar-refractivity contribution in [2.24, 2.45) is 0 Å². The van der Waals surface area contributed by atoms with Gasteiger partial charge < -0.3 is 24.2 Å². The number of carboxylic acid groups (broad SMARTS) is 1. The van der Waals surface area contributed by atoms with Crippen LogP contribution in [0.4, 0.5) is 0 Å². The Hall–Kier alpha value is -4.00. The average Bonchev–Trinajstić information content (AvgIpc) is 2.87. The van der Waals surface area contributed by atoms with Crippen molar-refractivity contribution in [3.05, 3.63) is 89.0 Å². The predicted molar refractivity (Wildman–Crippen MR) is 133 cm³/mol. The van der Waals surface area contributed by atoms with Gasteiger partial charge in [-0.05, 0) is 43.5 Å². The summed E-state index contributed by atoms with van der Waals surface area (Å²) in [5, 5.41) is 9.02. The summed E-state index contributed by atoms with van der Waals surface area (Å²) in [6.07, 6.45) is 1.58. The highest BCUT2D eigenvalue weighted by Crippen LogP contribution is 2.30. The lowest BCUT2D eigenvalue weighted by atomic mass is 10.1. The van der Waals surface area contributed by atoms with Crippen LogP contribution in [-0.4, -0.2) is 49.3 Å². The summed E-state index contributed by atoms with van der Waals surface area (Å²) in [6, 6.07) is 20.7. The number of hydrogen-bond acceptors (Lipinski definition) is 5. The molecule has 0 aliphatic heterocycles. The molecule has 7 heteroatoms. The van der Waals surface area contributed by atoms with E-state index in [-0.39, 0.29) is 12.5 Å². The number of carboxylic acids is 1. The van der Waals surface area contributed by atoms with Gasteiger partial charge in [-0.15, -0.1) is 0 Å². The maximum atomic E-state index is 13.7. The molecule has 0 saturated carbocycles. The van der Waals surface area contributed by atoms with Crippen LogP contribution in [0.2, 0.25) is 0 Å². The molecule has 0 aliphatic carbocycles. The molecule has 0 radical (unpaired) electrons. The molecule has 3 aromatic carbocycles. The molecule has 0 spiro atoms. The fraction of sp³-hybridized carbons (Fsp3) is 0.286. The molecule has 1 amide bonds. The van der Waals surface area contributed by atoms with E-state index in [0.29, 0.717) is 29.4 Å². The first-order valence-corrected chi connectivity index (χ1v) is 11.4. The third kappa shape index (κ3) is 6.99. The minimum absolute atomic E-state index is 0.178. The van der Waals surface area contributed by atoms with Crippen LogP contribution in [0.25, 0.3) is 0 Å². The van der Waals surface area contributed by atoms with E-state index in [4.69, 9.17) is 19.3 Å². The van der Waals surface area contributed by atoms with Crippen molar-refractivity contribution in [1.82, 2.24) is 4.90 Å². The Morgan fingerprint density at radius 3 is 2.14 bits per heavy atom. The maximum absolute atomic E-state index is 13.7. The first-order valence-electron chi connectivity index (χ1n) is 11.4. The molecule has 0 bridgehead atoms. The van der Waals surface area contributed by atoms with E-state index in [0.717, 1.165) is 24.0 Å². The molecule has 1 N–H and O–H groups in total.